The van der Waals surface area contributed by atoms with Crippen molar-refractivity contribution in [3.8, 4) is 39.5 Å². The highest BCUT2D eigenvalue weighted by Crippen LogP contribution is 2.37. The van der Waals surface area contributed by atoms with Gasteiger partial charge in [0.2, 0.25) is 6.41 Å². The highest BCUT2D eigenvalue weighted by molar-refractivity contribution is 5.84. The molecule has 0 saturated carbocycles. The van der Waals surface area contributed by atoms with E-state index in [4.69, 9.17) is 4.74 Å². The molecule has 0 aliphatic rings. The highest BCUT2D eigenvalue weighted by Gasteiger charge is 2.15. The molecular weight excluding hydrogens is 713 g/mol. The molecule has 5 aromatic carbocycles. The van der Waals surface area contributed by atoms with Gasteiger partial charge in [-0.1, -0.05) is 72.8 Å². The molecule has 0 radical (unpaired) electrons. The van der Waals surface area contributed by atoms with Gasteiger partial charge in [0.05, 0.1) is 13.7 Å². The van der Waals surface area contributed by atoms with Gasteiger partial charge < -0.3 is 36.0 Å². The Labute approximate surface area is 336 Å². The van der Waals surface area contributed by atoms with Crippen LogP contribution in [0.5, 0.6) is 17.2 Å². The smallest absolute Gasteiger partial charge is 0.211 e. The number of aliphatic hydroxyl groups is 1. The number of hydrogen-bond donors (Lipinski definition) is 6. The number of ether oxygens (including phenoxy) is 1. The van der Waals surface area contributed by atoms with Crippen LogP contribution in [0.2, 0.25) is 0 Å². The van der Waals surface area contributed by atoms with Crippen molar-refractivity contribution in [1.82, 2.24) is 15.6 Å². The topological polar surface area (TPSA) is 136 Å². The Kier molecular flexibility index (Phi) is 15.4. The van der Waals surface area contributed by atoms with E-state index in [1.54, 1.807) is 31.4 Å². The number of phenols is 2. The lowest BCUT2D eigenvalue weighted by molar-refractivity contribution is -0.105. The van der Waals surface area contributed by atoms with Crippen LogP contribution in [0.3, 0.4) is 0 Å². The van der Waals surface area contributed by atoms with Crippen molar-refractivity contribution in [2.75, 3.05) is 19.0 Å². The third kappa shape index (κ3) is 12.0. The number of nitrogens with one attached hydrogen (secondary N) is 3. The van der Waals surface area contributed by atoms with Crippen molar-refractivity contribution in [2.24, 2.45) is 0 Å². The number of aliphatic hydroxyl groups excluding tert-OH is 1. The molecule has 0 bridgehead atoms. The van der Waals surface area contributed by atoms with Crippen molar-refractivity contribution in [1.29, 1.82) is 0 Å². The predicted molar refractivity (Wildman–Crippen MR) is 230 cm³/mol. The number of nitrogens with zero attached hydrogens (tertiary/aromatic N) is 1. The normalized spacial score (nSPS) is 11.9. The number of phenolic OH excluding ortho intramolecular Hbond substituents is 2. The summed E-state index contributed by atoms with van der Waals surface area (Å²) < 4.78 is 5.75. The molecule has 6 rings (SSSR count). The van der Waals surface area contributed by atoms with Crippen LogP contribution in [-0.2, 0) is 30.7 Å². The zero-order valence-corrected chi connectivity index (χ0v) is 33.4. The molecule has 2 atom stereocenters. The standard InChI is InChI=1S/C32H34N2O4.C16H20N2O/c1-21-28(6-4-7-29(21)30-8-5-9-31(22(30)2)34-20-36)24-12-13-25(32(17-24)38-3)18-33-26(19-35)16-23-10-14-27(37)15-11-23;1-12-3-4-15(10-17-12)11-18-13(2)9-14-5-7-16(19)8-6-14/h4-15,17,20,26,33,35,37H,16,18-19H2,1-3H3,(H,34,36);3-8,10,13,18-19H,9,11H2,1-2H3. The summed E-state index contributed by atoms with van der Waals surface area (Å²) >= 11 is 0. The van der Waals surface area contributed by atoms with E-state index in [1.165, 1.54) is 11.1 Å². The number of carbonyl (C=O) groups is 1. The maximum Gasteiger partial charge on any atom is 0.211 e. The van der Waals surface area contributed by atoms with Crippen LogP contribution in [-0.4, -0.2) is 52.5 Å². The first kappa shape index (κ1) is 42.1. The van der Waals surface area contributed by atoms with E-state index in [-0.39, 0.29) is 18.4 Å². The largest absolute Gasteiger partial charge is 0.508 e. The Morgan fingerprint density at radius 3 is 1.93 bits per heavy atom. The maximum atomic E-state index is 11.0. The molecule has 0 aliphatic carbocycles. The molecule has 0 spiro atoms. The summed E-state index contributed by atoms with van der Waals surface area (Å²) in [5, 5.41) is 38.3. The van der Waals surface area contributed by atoms with Gasteiger partial charge in [-0.15, -0.1) is 0 Å². The molecule has 1 aromatic heterocycles. The maximum absolute atomic E-state index is 11.0. The molecule has 1 amide bonds. The van der Waals surface area contributed by atoms with Crippen molar-refractivity contribution in [3.63, 3.8) is 0 Å². The van der Waals surface area contributed by atoms with Crippen LogP contribution in [0.1, 0.15) is 46.0 Å². The van der Waals surface area contributed by atoms with E-state index in [0.29, 0.717) is 31.2 Å². The van der Waals surface area contributed by atoms with Gasteiger partial charge >= 0.3 is 0 Å². The summed E-state index contributed by atoms with van der Waals surface area (Å²) in [5.41, 5.74) is 12.8. The van der Waals surface area contributed by atoms with Crippen molar-refractivity contribution < 1.29 is 24.9 Å². The van der Waals surface area contributed by atoms with Crippen LogP contribution in [0, 0.1) is 20.8 Å². The third-order valence-corrected chi connectivity index (χ3v) is 10.1. The summed E-state index contributed by atoms with van der Waals surface area (Å²) in [6, 6.07) is 37.2. The highest BCUT2D eigenvalue weighted by atomic mass is 16.5. The fourth-order valence-electron chi connectivity index (χ4n) is 6.77. The molecule has 2 unspecified atom stereocenters. The third-order valence-electron chi connectivity index (χ3n) is 10.1. The lowest BCUT2D eigenvalue weighted by Crippen LogP contribution is -2.34. The average molecular weight is 767 g/mol. The second-order valence-corrected chi connectivity index (χ2v) is 14.3. The summed E-state index contributed by atoms with van der Waals surface area (Å²) in [6.45, 7) is 9.64. The van der Waals surface area contributed by atoms with Gasteiger partial charge in [-0.3, -0.25) is 9.78 Å². The van der Waals surface area contributed by atoms with E-state index in [0.717, 1.165) is 74.6 Å². The lowest BCUT2D eigenvalue weighted by Gasteiger charge is -2.19. The molecule has 1 heterocycles. The summed E-state index contributed by atoms with van der Waals surface area (Å²) in [5.74, 6) is 1.32. The summed E-state index contributed by atoms with van der Waals surface area (Å²) in [6.07, 6.45) is 4.20. The van der Waals surface area contributed by atoms with E-state index in [2.05, 4.69) is 71.2 Å². The van der Waals surface area contributed by atoms with Gasteiger partial charge in [0.1, 0.15) is 17.2 Å². The van der Waals surface area contributed by atoms with Gasteiger partial charge in [0, 0.05) is 48.3 Å². The molecule has 6 N–H and O–H groups in total. The molecule has 6 aromatic rings. The van der Waals surface area contributed by atoms with Crippen molar-refractivity contribution >= 4 is 12.1 Å². The Balaban J connectivity index is 0.000000273. The molecule has 0 aliphatic heterocycles. The Hall–Kier alpha value is -6.00. The van der Waals surface area contributed by atoms with Gasteiger partial charge in [0.15, 0.2) is 0 Å². The van der Waals surface area contributed by atoms with Gasteiger partial charge in [0.25, 0.3) is 0 Å². The zero-order chi connectivity index (χ0) is 40.7. The summed E-state index contributed by atoms with van der Waals surface area (Å²) in [7, 11) is 1.67. The number of hydrogen-bond acceptors (Lipinski definition) is 8. The fourth-order valence-corrected chi connectivity index (χ4v) is 6.77. The number of aromatic nitrogens is 1. The Morgan fingerprint density at radius 2 is 1.32 bits per heavy atom. The minimum absolute atomic E-state index is 0.00372. The van der Waals surface area contributed by atoms with Crippen LogP contribution in [0.25, 0.3) is 22.3 Å². The number of anilines is 1. The number of pyridine rings is 1. The van der Waals surface area contributed by atoms with E-state index < -0.39 is 0 Å². The first-order chi connectivity index (χ1) is 27.6. The molecular formula is C48H54N4O5. The molecule has 0 fully saturated rings. The quantitative estimate of drug-likeness (QED) is 0.0541. The number of aryl methyl sites for hydroxylation is 1. The van der Waals surface area contributed by atoms with E-state index in [1.807, 2.05) is 74.6 Å². The van der Waals surface area contributed by atoms with Crippen LogP contribution in [0.4, 0.5) is 5.69 Å². The Morgan fingerprint density at radius 1 is 0.702 bits per heavy atom. The zero-order valence-electron chi connectivity index (χ0n) is 33.4. The van der Waals surface area contributed by atoms with Crippen LogP contribution in [0.15, 0.2) is 121 Å². The first-order valence-corrected chi connectivity index (χ1v) is 19.2. The number of benzene rings is 5. The number of methoxy groups -OCH3 is 1. The second kappa shape index (κ2) is 20.8. The minimum Gasteiger partial charge on any atom is -0.508 e. The SMILES string of the molecule is COc1cc(-c2cccc(-c3cccc(NC=O)c3C)c2C)ccc1CNC(CO)Cc1ccc(O)cc1.Cc1ccc(CNC(C)Cc2ccc(O)cc2)cn1. The molecule has 9 heteroatoms. The van der Waals surface area contributed by atoms with Crippen molar-refractivity contribution in [2.45, 2.75) is 65.7 Å². The van der Waals surface area contributed by atoms with Crippen LogP contribution >= 0.6 is 0 Å². The number of aromatic hydroxyl groups is 2. The molecule has 9 nitrogen and oxygen atoms in total. The monoisotopic (exact) mass is 766 g/mol. The minimum atomic E-state index is -0.129. The second-order valence-electron chi connectivity index (χ2n) is 14.3. The lowest BCUT2D eigenvalue weighted by atomic mass is 9.90. The van der Waals surface area contributed by atoms with Gasteiger partial charge in [-0.25, -0.2) is 0 Å². The van der Waals surface area contributed by atoms with E-state index >= 15 is 0 Å². The van der Waals surface area contributed by atoms with Gasteiger partial charge in [-0.05, 0) is 133 Å². The average Bonchev–Trinajstić information content (AvgIpc) is 3.22. The van der Waals surface area contributed by atoms with E-state index in [9.17, 15) is 20.1 Å². The number of carbonyl (C=O) groups excluding carboxylic acids is 1. The number of rotatable bonds is 16. The molecule has 296 valence electrons. The predicted octanol–water partition coefficient (Wildman–Crippen LogP) is 8.43. The molecule has 0 saturated heterocycles. The van der Waals surface area contributed by atoms with Crippen LogP contribution < -0.4 is 20.7 Å². The fraction of sp³-hybridized carbons (Fsp3) is 0.250. The Bertz CT molecular complexity index is 2190. The van der Waals surface area contributed by atoms with Crippen molar-refractivity contribution in [3.05, 3.63) is 161 Å². The summed E-state index contributed by atoms with van der Waals surface area (Å²) in [4.78, 5) is 15.3. The number of amides is 1. The first-order valence-electron chi connectivity index (χ1n) is 19.2. The van der Waals surface area contributed by atoms with Gasteiger partial charge in [-0.2, -0.15) is 0 Å². The molecule has 57 heavy (non-hydrogen) atoms.